The summed E-state index contributed by atoms with van der Waals surface area (Å²) in [6.07, 6.45) is 0. The summed E-state index contributed by atoms with van der Waals surface area (Å²) in [5, 5.41) is 5.64. The smallest absolute Gasteiger partial charge is 0.337 e. The van der Waals surface area contributed by atoms with Crippen LogP contribution in [0.2, 0.25) is 0 Å². The van der Waals surface area contributed by atoms with Crippen LogP contribution in [0, 0.1) is 0 Å². The van der Waals surface area contributed by atoms with E-state index in [2.05, 4.69) is 15.4 Å². The molecule has 0 bridgehead atoms. The predicted molar refractivity (Wildman–Crippen MR) is 96.0 cm³/mol. The van der Waals surface area contributed by atoms with Crippen LogP contribution in [0.15, 0.2) is 48.5 Å². The van der Waals surface area contributed by atoms with Crippen LogP contribution in [0.1, 0.15) is 29.8 Å². The van der Waals surface area contributed by atoms with Gasteiger partial charge in [0.25, 0.3) is 0 Å². The molecule has 0 radical (unpaired) electrons. The Hall–Kier alpha value is -3.02. The maximum atomic E-state index is 12.3. The minimum atomic E-state index is -0.587. The topological polar surface area (TPSA) is 76.7 Å². The van der Waals surface area contributed by atoms with Gasteiger partial charge < -0.3 is 20.1 Å². The summed E-state index contributed by atoms with van der Waals surface area (Å²) in [5.74, 6) is 0.297. The van der Waals surface area contributed by atoms with Crippen LogP contribution in [-0.2, 0) is 10.3 Å². The average Bonchev–Trinajstić information content (AvgIpc) is 2.60. The highest BCUT2D eigenvalue weighted by Crippen LogP contribution is 2.23. The van der Waals surface area contributed by atoms with Crippen molar-refractivity contribution < 1.29 is 19.1 Å². The summed E-state index contributed by atoms with van der Waals surface area (Å²) in [4.78, 5) is 23.9. The van der Waals surface area contributed by atoms with E-state index >= 15 is 0 Å². The number of hydrogen-bond acceptors (Lipinski definition) is 4. The Kier molecular flexibility index (Phi) is 5.64. The molecule has 6 nitrogen and oxygen atoms in total. The Labute approximate surface area is 147 Å². The number of ether oxygens (including phenoxy) is 2. The Bertz CT molecular complexity index is 754. The Morgan fingerprint density at radius 3 is 2.28 bits per heavy atom. The third-order valence-corrected chi connectivity index (χ3v) is 3.78. The van der Waals surface area contributed by atoms with Gasteiger partial charge in [0.2, 0.25) is 0 Å². The van der Waals surface area contributed by atoms with Gasteiger partial charge in [0.05, 0.1) is 25.3 Å². The van der Waals surface area contributed by atoms with Crippen LogP contribution in [-0.4, -0.2) is 26.2 Å². The van der Waals surface area contributed by atoms with E-state index < -0.39 is 11.5 Å². The van der Waals surface area contributed by atoms with Gasteiger partial charge >= 0.3 is 12.0 Å². The number of methoxy groups -OCH3 is 2. The van der Waals surface area contributed by atoms with Gasteiger partial charge in [0.15, 0.2) is 0 Å². The van der Waals surface area contributed by atoms with Crippen molar-refractivity contribution in [3.63, 3.8) is 0 Å². The van der Waals surface area contributed by atoms with Crippen molar-refractivity contribution in [3.8, 4) is 5.75 Å². The number of benzene rings is 2. The molecule has 0 aromatic heterocycles. The van der Waals surface area contributed by atoms with Crippen LogP contribution < -0.4 is 15.4 Å². The average molecular weight is 342 g/mol. The van der Waals surface area contributed by atoms with Crippen molar-refractivity contribution >= 4 is 17.7 Å². The van der Waals surface area contributed by atoms with Gasteiger partial charge in [-0.15, -0.1) is 0 Å². The Morgan fingerprint density at radius 1 is 1.00 bits per heavy atom. The molecule has 0 heterocycles. The van der Waals surface area contributed by atoms with Gasteiger partial charge in [-0.25, -0.2) is 9.59 Å². The largest absolute Gasteiger partial charge is 0.497 e. The number of rotatable bonds is 5. The van der Waals surface area contributed by atoms with E-state index in [4.69, 9.17) is 4.74 Å². The summed E-state index contributed by atoms with van der Waals surface area (Å²) in [7, 11) is 2.92. The van der Waals surface area contributed by atoms with Gasteiger partial charge in [0, 0.05) is 5.69 Å². The molecule has 2 aromatic rings. The van der Waals surface area contributed by atoms with E-state index in [0.29, 0.717) is 11.3 Å². The van der Waals surface area contributed by atoms with E-state index in [9.17, 15) is 9.59 Å². The van der Waals surface area contributed by atoms with Gasteiger partial charge in [-0.3, -0.25) is 0 Å². The third kappa shape index (κ3) is 4.73. The number of urea groups is 1. The molecule has 0 aliphatic carbocycles. The Balaban J connectivity index is 2.06. The zero-order valence-electron chi connectivity index (χ0n) is 14.8. The van der Waals surface area contributed by atoms with E-state index in [0.717, 1.165) is 11.3 Å². The fourth-order valence-electron chi connectivity index (χ4n) is 2.37. The molecule has 0 atom stereocenters. The standard InChI is InChI=1S/C19H22N2O4/c1-19(2,14-8-10-16(24-3)11-9-14)21-18(23)20-15-7-5-6-13(12-15)17(22)25-4/h5-12H,1-4H3,(H2,20,21,23). The summed E-state index contributed by atoms with van der Waals surface area (Å²) in [6.45, 7) is 3.80. The summed E-state index contributed by atoms with van der Waals surface area (Å²) < 4.78 is 9.82. The lowest BCUT2D eigenvalue weighted by Gasteiger charge is -2.27. The van der Waals surface area contributed by atoms with E-state index in [1.165, 1.54) is 7.11 Å². The maximum absolute atomic E-state index is 12.3. The minimum absolute atomic E-state index is 0.370. The summed E-state index contributed by atoms with van der Waals surface area (Å²) >= 11 is 0. The molecular weight excluding hydrogens is 320 g/mol. The number of esters is 1. The molecule has 2 rings (SSSR count). The van der Waals surface area contributed by atoms with Crippen molar-refractivity contribution in [3.05, 3.63) is 59.7 Å². The first kappa shape index (κ1) is 18.3. The summed E-state index contributed by atoms with van der Waals surface area (Å²) in [5.41, 5.74) is 1.23. The fraction of sp³-hybridized carbons (Fsp3) is 0.263. The highest BCUT2D eigenvalue weighted by Gasteiger charge is 2.23. The Morgan fingerprint density at radius 2 is 1.68 bits per heavy atom. The lowest BCUT2D eigenvalue weighted by Crippen LogP contribution is -2.43. The number of carbonyl (C=O) groups excluding carboxylic acids is 2. The highest BCUT2D eigenvalue weighted by molar-refractivity contribution is 5.94. The lowest BCUT2D eigenvalue weighted by atomic mass is 9.94. The molecule has 132 valence electrons. The van der Waals surface area contributed by atoms with Crippen LogP contribution in [0.3, 0.4) is 0 Å². The number of carbonyl (C=O) groups is 2. The van der Waals surface area contributed by atoms with Gasteiger partial charge in [-0.2, -0.15) is 0 Å². The van der Waals surface area contributed by atoms with Crippen molar-refractivity contribution in [2.75, 3.05) is 19.5 Å². The number of anilines is 1. The highest BCUT2D eigenvalue weighted by atomic mass is 16.5. The fourth-order valence-corrected chi connectivity index (χ4v) is 2.37. The molecule has 25 heavy (non-hydrogen) atoms. The molecule has 2 N–H and O–H groups in total. The molecule has 0 saturated heterocycles. The van der Waals surface area contributed by atoms with Crippen LogP contribution in [0.4, 0.5) is 10.5 Å². The van der Waals surface area contributed by atoms with Gasteiger partial charge in [-0.05, 0) is 49.7 Å². The number of hydrogen-bond donors (Lipinski definition) is 2. The molecule has 2 amide bonds. The first-order valence-electron chi connectivity index (χ1n) is 7.78. The lowest BCUT2D eigenvalue weighted by molar-refractivity contribution is 0.0600. The van der Waals surface area contributed by atoms with E-state index in [1.54, 1.807) is 31.4 Å². The third-order valence-electron chi connectivity index (χ3n) is 3.78. The SMILES string of the molecule is COC(=O)c1cccc(NC(=O)NC(C)(C)c2ccc(OC)cc2)c1. The molecule has 0 aliphatic rings. The van der Waals surface area contributed by atoms with Gasteiger partial charge in [-0.1, -0.05) is 18.2 Å². The molecule has 6 heteroatoms. The van der Waals surface area contributed by atoms with Crippen molar-refractivity contribution in [1.29, 1.82) is 0 Å². The first-order valence-corrected chi connectivity index (χ1v) is 7.78. The molecule has 0 saturated carbocycles. The van der Waals surface area contributed by atoms with Crippen molar-refractivity contribution in [2.24, 2.45) is 0 Å². The molecule has 0 spiro atoms. The van der Waals surface area contributed by atoms with E-state index in [1.807, 2.05) is 38.1 Å². The van der Waals surface area contributed by atoms with Gasteiger partial charge in [0.1, 0.15) is 5.75 Å². The monoisotopic (exact) mass is 342 g/mol. The second kappa shape index (κ2) is 7.70. The normalized spacial score (nSPS) is 10.7. The zero-order valence-corrected chi connectivity index (χ0v) is 14.8. The second-order valence-corrected chi connectivity index (χ2v) is 6.01. The quantitative estimate of drug-likeness (QED) is 0.815. The molecular formula is C19H22N2O4. The van der Waals surface area contributed by atoms with E-state index in [-0.39, 0.29) is 6.03 Å². The maximum Gasteiger partial charge on any atom is 0.337 e. The van der Waals surface area contributed by atoms with Crippen molar-refractivity contribution in [1.82, 2.24) is 5.32 Å². The molecule has 0 aliphatic heterocycles. The van der Waals surface area contributed by atoms with Crippen LogP contribution >= 0.6 is 0 Å². The summed E-state index contributed by atoms with van der Waals surface area (Å²) in [6, 6.07) is 13.7. The zero-order chi connectivity index (χ0) is 18.4. The predicted octanol–water partition coefficient (Wildman–Crippen LogP) is 3.54. The van der Waals surface area contributed by atoms with Crippen LogP contribution in [0.25, 0.3) is 0 Å². The number of nitrogens with one attached hydrogen (secondary N) is 2. The molecule has 0 fully saturated rings. The van der Waals surface area contributed by atoms with Crippen molar-refractivity contribution in [2.45, 2.75) is 19.4 Å². The first-order chi connectivity index (χ1) is 11.9. The minimum Gasteiger partial charge on any atom is -0.497 e. The molecule has 2 aromatic carbocycles. The van der Waals surface area contributed by atoms with Crippen LogP contribution in [0.5, 0.6) is 5.75 Å². The molecule has 0 unspecified atom stereocenters. The second-order valence-electron chi connectivity index (χ2n) is 6.01. The number of amides is 2.